The first-order valence-corrected chi connectivity index (χ1v) is 11.0. The number of carbonyl (C=O) groups excluding carboxylic acids is 1. The Kier molecular flexibility index (Phi) is 6.28. The Morgan fingerprint density at radius 1 is 0.968 bits per heavy atom. The van der Waals surface area contributed by atoms with E-state index in [1.54, 1.807) is 12.1 Å². The zero-order valence-corrected chi connectivity index (χ0v) is 18.2. The number of hydrogen-bond acceptors (Lipinski definition) is 4. The van der Waals surface area contributed by atoms with Crippen molar-refractivity contribution in [1.29, 1.82) is 0 Å². The van der Waals surface area contributed by atoms with Gasteiger partial charge in [-0.15, -0.1) is 11.8 Å². The SMILES string of the molecule is Cc1cc2c(cc1C)N=C(c1ccccc1)CC(SCC(=O)Nc1cccc(F)c1)=N2. The van der Waals surface area contributed by atoms with Gasteiger partial charge in [0.2, 0.25) is 5.91 Å². The van der Waals surface area contributed by atoms with E-state index in [1.165, 1.54) is 23.9 Å². The lowest BCUT2D eigenvalue weighted by molar-refractivity contribution is -0.113. The number of hydrogen-bond donors (Lipinski definition) is 1. The highest BCUT2D eigenvalue weighted by atomic mass is 32.2. The molecule has 0 atom stereocenters. The number of halogens is 1. The van der Waals surface area contributed by atoms with Crippen molar-refractivity contribution in [2.45, 2.75) is 20.3 Å². The number of amides is 1. The fourth-order valence-electron chi connectivity index (χ4n) is 3.26. The van der Waals surface area contributed by atoms with Gasteiger partial charge in [0.1, 0.15) is 5.82 Å². The molecule has 0 saturated heterocycles. The number of nitrogens with one attached hydrogen (secondary N) is 1. The Balaban J connectivity index is 1.57. The first kappa shape index (κ1) is 21.0. The van der Waals surface area contributed by atoms with Crippen LogP contribution >= 0.6 is 11.8 Å². The molecule has 1 aliphatic rings. The van der Waals surface area contributed by atoms with E-state index < -0.39 is 0 Å². The Morgan fingerprint density at radius 2 is 1.68 bits per heavy atom. The second kappa shape index (κ2) is 9.27. The van der Waals surface area contributed by atoms with Crippen LogP contribution in [0.5, 0.6) is 0 Å². The average Bonchev–Trinajstić information content (AvgIpc) is 2.92. The van der Waals surface area contributed by atoms with Crippen LogP contribution in [0.3, 0.4) is 0 Å². The molecule has 0 unspecified atom stereocenters. The molecule has 0 saturated carbocycles. The van der Waals surface area contributed by atoms with E-state index in [0.29, 0.717) is 12.1 Å². The van der Waals surface area contributed by atoms with E-state index in [4.69, 9.17) is 9.98 Å². The van der Waals surface area contributed by atoms with Crippen LogP contribution in [0.4, 0.5) is 21.5 Å². The van der Waals surface area contributed by atoms with Crippen molar-refractivity contribution in [1.82, 2.24) is 0 Å². The number of fused-ring (bicyclic) bond motifs is 1. The van der Waals surface area contributed by atoms with Gasteiger partial charge in [0, 0.05) is 12.1 Å². The van der Waals surface area contributed by atoms with Crippen molar-refractivity contribution < 1.29 is 9.18 Å². The molecular formula is C25H22FN3OS. The highest BCUT2D eigenvalue weighted by Gasteiger charge is 2.17. The molecule has 0 spiro atoms. The number of thioether (sulfide) groups is 1. The monoisotopic (exact) mass is 431 g/mol. The summed E-state index contributed by atoms with van der Waals surface area (Å²) in [5, 5.41) is 3.55. The van der Waals surface area contributed by atoms with Crippen LogP contribution in [0, 0.1) is 19.7 Å². The molecular weight excluding hydrogens is 409 g/mol. The van der Waals surface area contributed by atoms with E-state index in [9.17, 15) is 9.18 Å². The lowest BCUT2D eigenvalue weighted by Crippen LogP contribution is -2.16. The molecule has 0 fully saturated rings. The number of aliphatic imine (C=N–C) groups is 2. The summed E-state index contributed by atoms with van der Waals surface area (Å²) in [6, 6.07) is 20.0. The molecule has 0 radical (unpaired) electrons. The van der Waals surface area contributed by atoms with Gasteiger partial charge in [-0.3, -0.25) is 9.79 Å². The second-order valence-corrected chi connectivity index (χ2v) is 8.43. The first-order chi connectivity index (χ1) is 15.0. The quantitative estimate of drug-likeness (QED) is 0.522. The average molecular weight is 432 g/mol. The largest absolute Gasteiger partial charge is 0.325 e. The summed E-state index contributed by atoms with van der Waals surface area (Å²) < 4.78 is 13.4. The van der Waals surface area contributed by atoms with E-state index in [-0.39, 0.29) is 17.5 Å². The maximum atomic E-state index is 13.4. The van der Waals surface area contributed by atoms with Crippen molar-refractivity contribution in [3.05, 3.63) is 89.2 Å². The number of benzene rings is 3. The lowest BCUT2D eigenvalue weighted by Gasteiger charge is -2.08. The lowest BCUT2D eigenvalue weighted by atomic mass is 10.1. The highest BCUT2D eigenvalue weighted by molar-refractivity contribution is 8.14. The molecule has 4 nitrogen and oxygen atoms in total. The van der Waals surface area contributed by atoms with Gasteiger partial charge in [-0.2, -0.15) is 0 Å². The Labute approximate surface area is 185 Å². The summed E-state index contributed by atoms with van der Waals surface area (Å²) in [7, 11) is 0. The smallest absolute Gasteiger partial charge is 0.234 e. The fraction of sp³-hybridized carbons (Fsp3) is 0.160. The summed E-state index contributed by atoms with van der Waals surface area (Å²) in [5.74, 6) is -0.414. The molecule has 4 rings (SSSR count). The highest BCUT2D eigenvalue weighted by Crippen LogP contribution is 2.36. The van der Waals surface area contributed by atoms with E-state index in [2.05, 4.69) is 25.2 Å². The summed E-state index contributed by atoms with van der Waals surface area (Å²) in [6.45, 7) is 4.12. The van der Waals surface area contributed by atoms with Crippen molar-refractivity contribution >= 4 is 45.5 Å². The second-order valence-electron chi connectivity index (χ2n) is 7.38. The van der Waals surface area contributed by atoms with Gasteiger partial charge >= 0.3 is 0 Å². The Bertz CT molecular complexity index is 1190. The van der Waals surface area contributed by atoms with E-state index in [0.717, 1.165) is 38.8 Å². The Morgan fingerprint density at radius 3 is 2.39 bits per heavy atom. The van der Waals surface area contributed by atoms with Gasteiger partial charge in [0.25, 0.3) is 0 Å². The van der Waals surface area contributed by atoms with Gasteiger partial charge in [-0.05, 0) is 60.9 Å². The van der Waals surface area contributed by atoms with Crippen LogP contribution < -0.4 is 5.32 Å². The molecule has 3 aromatic carbocycles. The van der Waals surface area contributed by atoms with Crippen LogP contribution in [0.15, 0.2) is 76.7 Å². The number of anilines is 1. The number of nitrogens with zero attached hydrogens (tertiary/aromatic N) is 2. The van der Waals surface area contributed by atoms with Gasteiger partial charge in [0.05, 0.1) is 27.9 Å². The molecule has 31 heavy (non-hydrogen) atoms. The number of carbonyl (C=O) groups is 1. The van der Waals surface area contributed by atoms with Gasteiger partial charge in [-0.1, -0.05) is 36.4 Å². The first-order valence-electron chi connectivity index (χ1n) is 9.98. The zero-order chi connectivity index (χ0) is 21.8. The predicted molar refractivity (Wildman–Crippen MR) is 128 cm³/mol. The molecule has 0 aliphatic carbocycles. The standard InChI is InChI=1S/C25H22FN3OS/c1-16-11-22-23(12-17(16)2)29-25(14-21(28-22)18-7-4-3-5-8-18)31-15-24(30)27-20-10-6-9-19(26)13-20/h3-13H,14-15H2,1-2H3,(H,27,30). The van der Waals surface area contributed by atoms with Crippen molar-refractivity contribution in [3.63, 3.8) is 0 Å². The number of rotatable bonds is 4. The minimum Gasteiger partial charge on any atom is -0.325 e. The van der Waals surface area contributed by atoms with E-state index >= 15 is 0 Å². The maximum Gasteiger partial charge on any atom is 0.234 e. The third-order valence-electron chi connectivity index (χ3n) is 5.00. The van der Waals surface area contributed by atoms with Gasteiger partial charge < -0.3 is 5.32 Å². The molecule has 156 valence electrons. The summed E-state index contributed by atoms with van der Waals surface area (Å²) >= 11 is 1.38. The number of aryl methyl sites for hydroxylation is 2. The third-order valence-corrected chi connectivity index (χ3v) is 5.97. The van der Waals surface area contributed by atoms with Crippen LogP contribution in [-0.4, -0.2) is 22.4 Å². The van der Waals surface area contributed by atoms with Crippen LogP contribution in [0.1, 0.15) is 23.1 Å². The van der Waals surface area contributed by atoms with Crippen molar-refractivity contribution in [2.24, 2.45) is 9.98 Å². The summed E-state index contributed by atoms with van der Waals surface area (Å²) in [4.78, 5) is 22.2. The molecule has 1 aliphatic heterocycles. The molecule has 0 bridgehead atoms. The third kappa shape index (κ3) is 5.27. The van der Waals surface area contributed by atoms with E-state index in [1.807, 2.05) is 36.4 Å². The maximum absolute atomic E-state index is 13.4. The molecule has 1 N–H and O–H groups in total. The minimum absolute atomic E-state index is 0.178. The van der Waals surface area contributed by atoms with Crippen LogP contribution in [-0.2, 0) is 4.79 Å². The summed E-state index contributed by atoms with van der Waals surface area (Å²) in [5.41, 5.74) is 6.34. The fourth-order valence-corrected chi connectivity index (χ4v) is 4.03. The molecule has 3 aromatic rings. The van der Waals surface area contributed by atoms with Gasteiger partial charge in [0.15, 0.2) is 0 Å². The van der Waals surface area contributed by atoms with Crippen molar-refractivity contribution in [3.8, 4) is 0 Å². The van der Waals surface area contributed by atoms with Crippen LogP contribution in [0.2, 0.25) is 0 Å². The van der Waals surface area contributed by atoms with Crippen LogP contribution in [0.25, 0.3) is 0 Å². The zero-order valence-electron chi connectivity index (χ0n) is 17.4. The van der Waals surface area contributed by atoms with Gasteiger partial charge in [-0.25, -0.2) is 9.38 Å². The molecule has 1 heterocycles. The van der Waals surface area contributed by atoms with Crippen molar-refractivity contribution in [2.75, 3.05) is 11.1 Å². The minimum atomic E-state index is -0.385. The predicted octanol–water partition coefficient (Wildman–Crippen LogP) is 6.37. The molecule has 1 amide bonds. The normalized spacial score (nSPS) is 13.0. The summed E-state index contributed by atoms with van der Waals surface area (Å²) in [6.07, 6.45) is 0.536. The Hall–Kier alpha value is -3.25. The molecule has 6 heteroatoms. The topological polar surface area (TPSA) is 53.8 Å². The molecule has 0 aromatic heterocycles.